The van der Waals surface area contributed by atoms with Crippen molar-refractivity contribution in [2.75, 3.05) is 33.4 Å². The molecule has 1 fully saturated rings. The molecule has 1 unspecified atom stereocenters. The van der Waals surface area contributed by atoms with Gasteiger partial charge in [0.25, 0.3) is 0 Å². The summed E-state index contributed by atoms with van der Waals surface area (Å²) in [7, 11) is 1.68. The van der Waals surface area contributed by atoms with Gasteiger partial charge in [0.1, 0.15) is 5.75 Å². The highest BCUT2D eigenvalue weighted by Gasteiger charge is 2.19. The Morgan fingerprint density at radius 3 is 3.18 bits per heavy atom. The number of hydrogen-bond donors (Lipinski definition) is 1. The monoisotopic (exact) mass is 237 g/mol. The standard InChI is InChI=1S/C13H19NO3/c1-16-12-4-2-3-11(7-12)8-14-5-6-17-13(9-14)10-15/h2-4,7,13,15H,5-6,8-10H2,1H3. The molecule has 1 atom stereocenters. The topological polar surface area (TPSA) is 41.9 Å². The first-order valence-corrected chi connectivity index (χ1v) is 5.89. The molecule has 1 aliphatic rings. The number of aliphatic hydroxyl groups excluding tert-OH is 1. The molecule has 4 nitrogen and oxygen atoms in total. The molecule has 0 amide bonds. The van der Waals surface area contributed by atoms with Crippen molar-refractivity contribution in [3.8, 4) is 5.75 Å². The summed E-state index contributed by atoms with van der Waals surface area (Å²) in [5.41, 5.74) is 1.22. The van der Waals surface area contributed by atoms with Crippen LogP contribution in [0.25, 0.3) is 0 Å². The molecule has 0 bridgehead atoms. The van der Waals surface area contributed by atoms with E-state index in [0.29, 0.717) is 6.61 Å². The number of morpholine rings is 1. The second-order valence-corrected chi connectivity index (χ2v) is 4.26. The van der Waals surface area contributed by atoms with E-state index >= 15 is 0 Å². The minimum atomic E-state index is -0.0469. The van der Waals surface area contributed by atoms with Crippen LogP contribution in [-0.4, -0.2) is 49.5 Å². The van der Waals surface area contributed by atoms with E-state index in [9.17, 15) is 0 Å². The van der Waals surface area contributed by atoms with Gasteiger partial charge >= 0.3 is 0 Å². The average molecular weight is 237 g/mol. The quantitative estimate of drug-likeness (QED) is 0.844. The second-order valence-electron chi connectivity index (χ2n) is 4.26. The van der Waals surface area contributed by atoms with E-state index in [4.69, 9.17) is 14.6 Å². The molecule has 94 valence electrons. The summed E-state index contributed by atoms with van der Waals surface area (Å²) in [5.74, 6) is 0.884. The Morgan fingerprint density at radius 1 is 1.53 bits per heavy atom. The predicted molar refractivity (Wildman–Crippen MR) is 65.1 cm³/mol. The molecule has 1 aromatic rings. The average Bonchev–Trinajstić information content (AvgIpc) is 2.39. The lowest BCUT2D eigenvalue weighted by molar-refractivity contribution is -0.0551. The smallest absolute Gasteiger partial charge is 0.119 e. The number of rotatable bonds is 4. The van der Waals surface area contributed by atoms with E-state index in [1.165, 1.54) is 5.56 Å². The van der Waals surface area contributed by atoms with Crippen LogP contribution in [0, 0.1) is 0 Å². The predicted octanol–water partition coefficient (Wildman–Crippen LogP) is 0.888. The van der Waals surface area contributed by atoms with Crippen molar-refractivity contribution in [3.63, 3.8) is 0 Å². The summed E-state index contributed by atoms with van der Waals surface area (Å²) >= 11 is 0. The van der Waals surface area contributed by atoms with Gasteiger partial charge in [-0.15, -0.1) is 0 Å². The minimum Gasteiger partial charge on any atom is -0.497 e. The summed E-state index contributed by atoms with van der Waals surface area (Å²) in [6, 6.07) is 8.08. The van der Waals surface area contributed by atoms with Crippen LogP contribution < -0.4 is 4.74 Å². The van der Waals surface area contributed by atoms with Gasteiger partial charge in [-0.2, -0.15) is 0 Å². The lowest BCUT2D eigenvalue weighted by Crippen LogP contribution is -2.43. The number of benzene rings is 1. The molecule has 0 spiro atoms. The van der Waals surface area contributed by atoms with Crippen molar-refractivity contribution in [1.82, 2.24) is 4.90 Å². The fraction of sp³-hybridized carbons (Fsp3) is 0.538. The molecule has 2 rings (SSSR count). The zero-order valence-corrected chi connectivity index (χ0v) is 10.1. The Kier molecular flexibility index (Phi) is 4.36. The highest BCUT2D eigenvalue weighted by molar-refractivity contribution is 5.28. The van der Waals surface area contributed by atoms with Crippen molar-refractivity contribution >= 4 is 0 Å². The Hall–Kier alpha value is -1.10. The zero-order chi connectivity index (χ0) is 12.1. The molecule has 1 saturated heterocycles. The summed E-state index contributed by atoms with van der Waals surface area (Å²) in [6.07, 6.45) is -0.0469. The zero-order valence-electron chi connectivity index (χ0n) is 10.1. The van der Waals surface area contributed by atoms with Crippen LogP contribution in [0.3, 0.4) is 0 Å². The third-order valence-corrected chi connectivity index (χ3v) is 2.97. The molecule has 1 heterocycles. The van der Waals surface area contributed by atoms with E-state index < -0.39 is 0 Å². The van der Waals surface area contributed by atoms with Crippen LogP contribution in [-0.2, 0) is 11.3 Å². The summed E-state index contributed by atoms with van der Waals surface area (Å²) < 4.78 is 10.6. The van der Waals surface area contributed by atoms with Crippen molar-refractivity contribution in [2.24, 2.45) is 0 Å². The molecule has 1 aliphatic heterocycles. The number of hydrogen-bond acceptors (Lipinski definition) is 4. The SMILES string of the molecule is COc1cccc(CN2CCOC(CO)C2)c1. The number of aliphatic hydroxyl groups is 1. The first-order chi connectivity index (χ1) is 8.31. The summed E-state index contributed by atoms with van der Waals surface area (Å²) in [6.45, 7) is 3.35. The number of methoxy groups -OCH3 is 1. The van der Waals surface area contributed by atoms with Crippen LogP contribution in [0.15, 0.2) is 24.3 Å². The maximum atomic E-state index is 9.09. The van der Waals surface area contributed by atoms with Gasteiger partial charge in [0.15, 0.2) is 0 Å². The maximum absolute atomic E-state index is 9.09. The van der Waals surface area contributed by atoms with Gasteiger partial charge in [0.05, 0.1) is 26.4 Å². The molecule has 0 saturated carbocycles. The molecule has 0 aromatic heterocycles. The first kappa shape index (κ1) is 12.4. The van der Waals surface area contributed by atoms with Crippen molar-refractivity contribution in [2.45, 2.75) is 12.6 Å². The lowest BCUT2D eigenvalue weighted by Gasteiger charge is -2.32. The minimum absolute atomic E-state index is 0.0469. The normalized spacial score (nSPS) is 21.4. The van der Waals surface area contributed by atoms with Crippen LogP contribution in [0.5, 0.6) is 5.75 Å². The van der Waals surface area contributed by atoms with Crippen molar-refractivity contribution in [3.05, 3.63) is 29.8 Å². The van der Waals surface area contributed by atoms with Crippen molar-refractivity contribution < 1.29 is 14.6 Å². The number of ether oxygens (including phenoxy) is 2. The van der Waals surface area contributed by atoms with Crippen LogP contribution in [0.4, 0.5) is 0 Å². The van der Waals surface area contributed by atoms with Gasteiger partial charge in [-0.05, 0) is 17.7 Å². The molecular formula is C13H19NO3. The fourth-order valence-corrected chi connectivity index (χ4v) is 2.06. The molecule has 17 heavy (non-hydrogen) atoms. The molecule has 0 radical (unpaired) electrons. The van der Waals surface area contributed by atoms with Gasteiger partial charge in [-0.1, -0.05) is 12.1 Å². The maximum Gasteiger partial charge on any atom is 0.119 e. The fourth-order valence-electron chi connectivity index (χ4n) is 2.06. The highest BCUT2D eigenvalue weighted by atomic mass is 16.5. The Balaban J connectivity index is 1.95. The molecule has 1 aromatic carbocycles. The highest BCUT2D eigenvalue weighted by Crippen LogP contribution is 2.15. The van der Waals surface area contributed by atoms with Gasteiger partial charge in [0.2, 0.25) is 0 Å². The van der Waals surface area contributed by atoms with Gasteiger partial charge in [-0.3, -0.25) is 4.90 Å². The molecule has 0 aliphatic carbocycles. The first-order valence-electron chi connectivity index (χ1n) is 5.89. The molecule has 1 N–H and O–H groups in total. The van der Waals surface area contributed by atoms with Gasteiger partial charge < -0.3 is 14.6 Å². The van der Waals surface area contributed by atoms with E-state index in [-0.39, 0.29) is 12.7 Å². The third kappa shape index (κ3) is 3.43. The summed E-state index contributed by atoms with van der Waals surface area (Å²) in [5, 5.41) is 9.09. The molecular weight excluding hydrogens is 218 g/mol. The second kappa shape index (κ2) is 6.00. The van der Waals surface area contributed by atoms with E-state index in [0.717, 1.165) is 25.4 Å². The van der Waals surface area contributed by atoms with E-state index in [2.05, 4.69) is 11.0 Å². The van der Waals surface area contributed by atoms with E-state index in [1.54, 1.807) is 7.11 Å². The van der Waals surface area contributed by atoms with Crippen LogP contribution >= 0.6 is 0 Å². The van der Waals surface area contributed by atoms with Crippen molar-refractivity contribution in [1.29, 1.82) is 0 Å². The lowest BCUT2D eigenvalue weighted by atomic mass is 10.2. The number of nitrogens with zero attached hydrogens (tertiary/aromatic N) is 1. The Bertz CT molecular complexity index is 356. The largest absolute Gasteiger partial charge is 0.497 e. The van der Waals surface area contributed by atoms with Gasteiger partial charge in [0, 0.05) is 19.6 Å². The van der Waals surface area contributed by atoms with Crippen LogP contribution in [0.1, 0.15) is 5.56 Å². The van der Waals surface area contributed by atoms with Gasteiger partial charge in [-0.25, -0.2) is 0 Å². The Morgan fingerprint density at radius 2 is 2.41 bits per heavy atom. The molecule has 4 heteroatoms. The third-order valence-electron chi connectivity index (χ3n) is 2.97. The summed E-state index contributed by atoms with van der Waals surface area (Å²) in [4.78, 5) is 2.29. The van der Waals surface area contributed by atoms with Crippen LogP contribution in [0.2, 0.25) is 0 Å². The van der Waals surface area contributed by atoms with E-state index in [1.807, 2.05) is 18.2 Å². The Labute approximate surface area is 102 Å².